The van der Waals surface area contributed by atoms with Gasteiger partial charge in [0.05, 0.1) is 0 Å². The van der Waals surface area contributed by atoms with Crippen LogP contribution in [0.25, 0.3) is 0 Å². The van der Waals surface area contributed by atoms with Crippen molar-refractivity contribution in [1.29, 1.82) is 0 Å². The van der Waals surface area contributed by atoms with E-state index in [0.29, 0.717) is 6.54 Å². The van der Waals surface area contributed by atoms with Crippen LogP contribution in [-0.2, 0) is 13.0 Å². The molecular weight excluding hydrogens is 214 g/mol. The summed E-state index contributed by atoms with van der Waals surface area (Å²) in [6.45, 7) is 4.19. The van der Waals surface area contributed by atoms with Gasteiger partial charge in [0, 0.05) is 25.3 Å². The second kappa shape index (κ2) is 5.08. The van der Waals surface area contributed by atoms with Gasteiger partial charge in [-0.15, -0.1) is 0 Å². The molecule has 0 radical (unpaired) electrons. The number of nitrogens with one attached hydrogen (secondary N) is 1. The van der Waals surface area contributed by atoms with Crippen molar-refractivity contribution in [3.05, 3.63) is 29.3 Å². The number of nitrogens with zero attached hydrogens (tertiary/aromatic N) is 1. The average molecular weight is 233 g/mol. The van der Waals surface area contributed by atoms with Gasteiger partial charge in [0.25, 0.3) is 0 Å². The minimum atomic E-state index is 0.0277. The summed E-state index contributed by atoms with van der Waals surface area (Å²) in [7, 11) is 0. The van der Waals surface area contributed by atoms with Gasteiger partial charge in [-0.2, -0.15) is 0 Å². The fraction of sp³-hybridized carbons (Fsp3) is 0.462. The highest BCUT2D eigenvalue weighted by atomic mass is 16.2. The summed E-state index contributed by atoms with van der Waals surface area (Å²) < 4.78 is 0. The molecule has 1 aromatic rings. The zero-order chi connectivity index (χ0) is 12.3. The molecule has 0 spiro atoms. The largest absolute Gasteiger partial charge is 0.398 e. The van der Waals surface area contributed by atoms with Gasteiger partial charge in [0.2, 0.25) is 0 Å². The third-order valence-electron chi connectivity index (χ3n) is 3.12. The predicted octanol–water partition coefficient (Wildman–Crippen LogP) is 1.75. The van der Waals surface area contributed by atoms with E-state index in [9.17, 15) is 4.79 Å². The average Bonchev–Trinajstić information content (AvgIpc) is 2.36. The zero-order valence-electron chi connectivity index (χ0n) is 10.2. The van der Waals surface area contributed by atoms with E-state index in [1.165, 1.54) is 11.1 Å². The van der Waals surface area contributed by atoms with Crippen LogP contribution in [0.4, 0.5) is 10.5 Å². The van der Waals surface area contributed by atoms with Crippen LogP contribution in [0.5, 0.6) is 0 Å². The smallest absolute Gasteiger partial charge is 0.317 e. The number of benzene rings is 1. The monoisotopic (exact) mass is 233 g/mol. The molecule has 0 fully saturated rings. The maximum absolute atomic E-state index is 11.8. The number of rotatable bonds is 2. The second-order valence-corrected chi connectivity index (χ2v) is 4.39. The molecule has 1 heterocycles. The molecule has 3 N–H and O–H groups in total. The fourth-order valence-corrected chi connectivity index (χ4v) is 2.16. The van der Waals surface area contributed by atoms with Gasteiger partial charge in [0.1, 0.15) is 0 Å². The summed E-state index contributed by atoms with van der Waals surface area (Å²) in [4.78, 5) is 13.7. The Balaban J connectivity index is 2.06. The zero-order valence-corrected chi connectivity index (χ0v) is 10.2. The van der Waals surface area contributed by atoms with Gasteiger partial charge in [0.15, 0.2) is 0 Å². The molecule has 4 nitrogen and oxygen atoms in total. The number of hydrogen-bond donors (Lipinski definition) is 2. The van der Waals surface area contributed by atoms with Crippen molar-refractivity contribution in [2.75, 3.05) is 18.8 Å². The van der Waals surface area contributed by atoms with Crippen molar-refractivity contribution >= 4 is 11.7 Å². The first-order chi connectivity index (χ1) is 8.22. The summed E-state index contributed by atoms with van der Waals surface area (Å²) in [6.07, 6.45) is 1.81. The molecule has 1 aliphatic heterocycles. The van der Waals surface area contributed by atoms with Crippen molar-refractivity contribution < 1.29 is 4.79 Å². The first kappa shape index (κ1) is 11.8. The maximum atomic E-state index is 11.8. The molecular formula is C13H19N3O. The Kier molecular flexibility index (Phi) is 3.52. The van der Waals surface area contributed by atoms with Crippen LogP contribution in [0, 0.1) is 0 Å². The lowest BCUT2D eigenvalue weighted by Gasteiger charge is -2.29. The molecule has 92 valence electrons. The third-order valence-corrected chi connectivity index (χ3v) is 3.12. The maximum Gasteiger partial charge on any atom is 0.317 e. The molecule has 0 saturated heterocycles. The summed E-state index contributed by atoms with van der Waals surface area (Å²) in [5.41, 5.74) is 9.14. The number of fused-ring (bicyclic) bond motifs is 1. The molecule has 0 unspecified atom stereocenters. The summed E-state index contributed by atoms with van der Waals surface area (Å²) in [6, 6.07) is 5.94. The van der Waals surface area contributed by atoms with E-state index >= 15 is 0 Å². The third kappa shape index (κ3) is 2.52. The van der Waals surface area contributed by atoms with Crippen molar-refractivity contribution in [2.24, 2.45) is 0 Å². The Morgan fingerprint density at radius 2 is 2.35 bits per heavy atom. The standard InChI is InChI=1S/C13H19N3O/c1-2-7-15-13(17)16-8-6-11-10(9-16)4-3-5-12(11)14/h3-5H,2,6-9,14H2,1H3,(H,15,17). The SMILES string of the molecule is CCCNC(=O)N1CCc2c(N)cccc2C1. The topological polar surface area (TPSA) is 58.4 Å². The number of urea groups is 1. The Hall–Kier alpha value is -1.71. The van der Waals surface area contributed by atoms with E-state index in [1.807, 2.05) is 30.0 Å². The van der Waals surface area contributed by atoms with Crippen LogP contribution in [0.1, 0.15) is 24.5 Å². The predicted molar refractivity (Wildman–Crippen MR) is 68.7 cm³/mol. The van der Waals surface area contributed by atoms with Crippen LogP contribution in [0.15, 0.2) is 18.2 Å². The first-order valence-electron chi connectivity index (χ1n) is 6.11. The van der Waals surface area contributed by atoms with E-state index < -0.39 is 0 Å². The fourth-order valence-electron chi connectivity index (χ4n) is 2.16. The summed E-state index contributed by atoms with van der Waals surface area (Å²) in [5, 5.41) is 2.90. The Morgan fingerprint density at radius 1 is 1.53 bits per heavy atom. The normalized spacial score (nSPS) is 14.3. The molecule has 0 saturated carbocycles. The number of hydrogen-bond acceptors (Lipinski definition) is 2. The Morgan fingerprint density at radius 3 is 3.12 bits per heavy atom. The Bertz CT molecular complexity index is 417. The van der Waals surface area contributed by atoms with E-state index in [0.717, 1.165) is 31.6 Å². The quantitative estimate of drug-likeness (QED) is 0.764. The van der Waals surface area contributed by atoms with Gasteiger partial charge < -0.3 is 16.0 Å². The first-order valence-corrected chi connectivity index (χ1v) is 6.11. The van der Waals surface area contributed by atoms with Crippen LogP contribution in [-0.4, -0.2) is 24.0 Å². The molecule has 1 aromatic carbocycles. The molecule has 2 rings (SSSR count). The number of carbonyl (C=O) groups is 1. The molecule has 0 bridgehead atoms. The summed E-state index contributed by atoms with van der Waals surface area (Å²) >= 11 is 0. The molecule has 0 atom stereocenters. The lowest BCUT2D eigenvalue weighted by atomic mass is 9.98. The minimum Gasteiger partial charge on any atom is -0.398 e. The molecule has 4 heteroatoms. The molecule has 1 aliphatic rings. The number of nitrogens with two attached hydrogens (primary N) is 1. The van der Waals surface area contributed by atoms with Gasteiger partial charge in [-0.05, 0) is 30.0 Å². The second-order valence-electron chi connectivity index (χ2n) is 4.39. The van der Waals surface area contributed by atoms with Crippen molar-refractivity contribution in [3.8, 4) is 0 Å². The molecule has 17 heavy (non-hydrogen) atoms. The number of nitrogen functional groups attached to an aromatic ring is 1. The molecule has 0 aromatic heterocycles. The van der Waals surface area contributed by atoms with Gasteiger partial charge >= 0.3 is 6.03 Å². The van der Waals surface area contributed by atoms with Crippen LogP contribution >= 0.6 is 0 Å². The van der Waals surface area contributed by atoms with Gasteiger partial charge in [-0.1, -0.05) is 19.1 Å². The lowest BCUT2D eigenvalue weighted by molar-refractivity contribution is 0.192. The number of anilines is 1. The number of carbonyl (C=O) groups excluding carboxylic acids is 1. The van der Waals surface area contributed by atoms with E-state index in [2.05, 4.69) is 5.32 Å². The molecule has 2 amide bonds. The highest BCUT2D eigenvalue weighted by Crippen LogP contribution is 2.23. The van der Waals surface area contributed by atoms with Crippen molar-refractivity contribution in [2.45, 2.75) is 26.3 Å². The van der Waals surface area contributed by atoms with E-state index in [1.54, 1.807) is 0 Å². The number of amides is 2. The van der Waals surface area contributed by atoms with E-state index in [4.69, 9.17) is 5.73 Å². The van der Waals surface area contributed by atoms with Crippen LogP contribution in [0.3, 0.4) is 0 Å². The van der Waals surface area contributed by atoms with Gasteiger partial charge in [-0.25, -0.2) is 4.79 Å². The van der Waals surface area contributed by atoms with E-state index in [-0.39, 0.29) is 6.03 Å². The lowest BCUT2D eigenvalue weighted by Crippen LogP contribution is -2.43. The minimum absolute atomic E-state index is 0.0277. The molecule has 0 aliphatic carbocycles. The summed E-state index contributed by atoms with van der Waals surface area (Å²) in [5.74, 6) is 0. The highest BCUT2D eigenvalue weighted by Gasteiger charge is 2.21. The van der Waals surface area contributed by atoms with Crippen molar-refractivity contribution in [1.82, 2.24) is 10.2 Å². The van der Waals surface area contributed by atoms with Gasteiger partial charge in [-0.3, -0.25) is 0 Å². The highest BCUT2D eigenvalue weighted by molar-refractivity contribution is 5.74. The Labute approximate surface area is 102 Å². The van der Waals surface area contributed by atoms with Crippen LogP contribution < -0.4 is 11.1 Å². The van der Waals surface area contributed by atoms with Crippen molar-refractivity contribution in [3.63, 3.8) is 0 Å². The van der Waals surface area contributed by atoms with Crippen LogP contribution in [0.2, 0.25) is 0 Å².